The van der Waals surface area contributed by atoms with E-state index in [1.54, 1.807) is 0 Å². The minimum atomic E-state index is 0.0845. The third-order valence-electron chi connectivity index (χ3n) is 5.11. The van der Waals surface area contributed by atoms with Gasteiger partial charge >= 0.3 is 0 Å². The van der Waals surface area contributed by atoms with Crippen LogP contribution in [-0.2, 0) is 4.79 Å². The first-order valence-electron chi connectivity index (χ1n) is 7.94. The molecule has 0 spiro atoms. The van der Waals surface area contributed by atoms with Crippen molar-refractivity contribution in [2.45, 2.75) is 65.3 Å². The van der Waals surface area contributed by atoms with Crippen molar-refractivity contribution in [3.8, 4) is 0 Å². The molecule has 1 amide bonds. The van der Waals surface area contributed by atoms with Crippen LogP contribution < -0.4 is 5.73 Å². The van der Waals surface area contributed by atoms with Crippen LogP contribution in [0.1, 0.15) is 59.3 Å². The number of nitrogens with zero attached hydrogens (tertiary/aromatic N) is 1. The van der Waals surface area contributed by atoms with Gasteiger partial charge in [0, 0.05) is 19.1 Å². The molecular weight excluding hydrogens is 236 g/mol. The van der Waals surface area contributed by atoms with Gasteiger partial charge in [-0.1, -0.05) is 40.0 Å². The highest BCUT2D eigenvalue weighted by atomic mass is 16.2. The van der Waals surface area contributed by atoms with E-state index in [2.05, 4.69) is 25.7 Å². The Morgan fingerprint density at radius 3 is 2.42 bits per heavy atom. The number of hydrogen-bond acceptors (Lipinski definition) is 2. The van der Waals surface area contributed by atoms with Gasteiger partial charge in [0.25, 0.3) is 0 Å². The average molecular weight is 266 g/mol. The first kappa shape index (κ1) is 14.8. The summed E-state index contributed by atoms with van der Waals surface area (Å²) < 4.78 is 0. The second kappa shape index (κ2) is 5.82. The second-order valence-electron chi connectivity index (χ2n) is 7.54. The van der Waals surface area contributed by atoms with Crippen LogP contribution in [-0.4, -0.2) is 29.9 Å². The standard InChI is InChI=1S/C16H30N2O/c1-16(2,3)12-9-10-18(11-12)15(19)13-7-5-4-6-8-14(13)17/h12-14H,4-11,17H2,1-3H3. The van der Waals surface area contributed by atoms with Crippen molar-refractivity contribution in [1.82, 2.24) is 4.90 Å². The molecule has 1 saturated carbocycles. The van der Waals surface area contributed by atoms with E-state index in [1.165, 1.54) is 19.3 Å². The summed E-state index contributed by atoms with van der Waals surface area (Å²) in [5.74, 6) is 1.06. The Labute approximate surface area is 117 Å². The molecule has 2 rings (SSSR count). The fourth-order valence-corrected chi connectivity index (χ4v) is 3.54. The molecule has 2 N–H and O–H groups in total. The summed E-state index contributed by atoms with van der Waals surface area (Å²) in [6, 6.07) is 0.0867. The molecule has 1 aliphatic heterocycles. The Morgan fingerprint density at radius 2 is 1.79 bits per heavy atom. The van der Waals surface area contributed by atoms with E-state index < -0.39 is 0 Å². The first-order chi connectivity index (χ1) is 8.89. The van der Waals surface area contributed by atoms with Gasteiger partial charge in [-0.05, 0) is 30.6 Å². The molecule has 1 heterocycles. The monoisotopic (exact) mass is 266 g/mol. The lowest BCUT2D eigenvalue weighted by molar-refractivity contribution is -0.135. The Bertz CT molecular complexity index is 321. The van der Waals surface area contributed by atoms with Crippen LogP contribution in [0, 0.1) is 17.3 Å². The highest BCUT2D eigenvalue weighted by Crippen LogP contribution is 2.35. The molecule has 3 unspecified atom stereocenters. The van der Waals surface area contributed by atoms with Crippen molar-refractivity contribution in [3.63, 3.8) is 0 Å². The number of rotatable bonds is 1. The van der Waals surface area contributed by atoms with E-state index in [-0.39, 0.29) is 12.0 Å². The number of carbonyl (C=O) groups is 1. The Balaban J connectivity index is 1.96. The molecule has 19 heavy (non-hydrogen) atoms. The maximum Gasteiger partial charge on any atom is 0.227 e. The number of amides is 1. The van der Waals surface area contributed by atoms with Crippen LogP contribution in [0.15, 0.2) is 0 Å². The van der Waals surface area contributed by atoms with Gasteiger partial charge in [-0.2, -0.15) is 0 Å². The van der Waals surface area contributed by atoms with Crippen LogP contribution in [0.25, 0.3) is 0 Å². The van der Waals surface area contributed by atoms with Gasteiger partial charge in [0.05, 0.1) is 5.92 Å². The van der Waals surface area contributed by atoms with Crippen molar-refractivity contribution in [1.29, 1.82) is 0 Å². The SMILES string of the molecule is CC(C)(C)C1CCN(C(=O)C2CCCCCC2N)C1. The third kappa shape index (κ3) is 3.50. The molecule has 2 aliphatic rings. The molecule has 0 aromatic rings. The molecule has 1 aliphatic carbocycles. The topological polar surface area (TPSA) is 46.3 Å². The summed E-state index contributed by atoms with van der Waals surface area (Å²) in [5.41, 5.74) is 6.53. The van der Waals surface area contributed by atoms with Gasteiger partial charge in [-0.3, -0.25) is 4.79 Å². The van der Waals surface area contributed by atoms with Crippen LogP contribution >= 0.6 is 0 Å². The van der Waals surface area contributed by atoms with Gasteiger partial charge in [-0.15, -0.1) is 0 Å². The largest absolute Gasteiger partial charge is 0.342 e. The molecule has 0 radical (unpaired) electrons. The lowest BCUT2D eigenvalue weighted by Gasteiger charge is -2.29. The molecule has 0 aromatic heterocycles. The first-order valence-corrected chi connectivity index (χ1v) is 7.94. The summed E-state index contributed by atoms with van der Waals surface area (Å²) in [4.78, 5) is 14.8. The fourth-order valence-electron chi connectivity index (χ4n) is 3.54. The summed E-state index contributed by atoms with van der Waals surface area (Å²) in [7, 11) is 0. The van der Waals surface area contributed by atoms with Crippen molar-refractivity contribution in [3.05, 3.63) is 0 Å². The zero-order valence-electron chi connectivity index (χ0n) is 12.8. The minimum Gasteiger partial charge on any atom is -0.342 e. The number of carbonyl (C=O) groups excluding carboxylic acids is 1. The predicted molar refractivity (Wildman–Crippen MR) is 78.7 cm³/mol. The van der Waals surface area contributed by atoms with Crippen LogP contribution in [0.3, 0.4) is 0 Å². The zero-order chi connectivity index (χ0) is 14.0. The van der Waals surface area contributed by atoms with E-state index in [4.69, 9.17) is 5.73 Å². The summed E-state index contributed by atoms with van der Waals surface area (Å²) >= 11 is 0. The quantitative estimate of drug-likeness (QED) is 0.742. The maximum atomic E-state index is 12.7. The van der Waals surface area contributed by atoms with Gasteiger partial charge in [0.1, 0.15) is 0 Å². The summed E-state index contributed by atoms with van der Waals surface area (Å²) in [5, 5.41) is 0. The van der Waals surface area contributed by atoms with Gasteiger partial charge in [0.2, 0.25) is 5.91 Å². The van der Waals surface area contributed by atoms with Crippen molar-refractivity contribution < 1.29 is 4.79 Å². The van der Waals surface area contributed by atoms with Gasteiger partial charge < -0.3 is 10.6 Å². The Hall–Kier alpha value is -0.570. The van der Waals surface area contributed by atoms with Crippen LogP contribution in [0.5, 0.6) is 0 Å². The lowest BCUT2D eigenvalue weighted by Crippen LogP contribution is -2.43. The molecule has 0 bridgehead atoms. The van der Waals surface area contributed by atoms with E-state index in [1.807, 2.05) is 0 Å². The summed E-state index contributed by atoms with van der Waals surface area (Å²) in [6.45, 7) is 8.71. The Morgan fingerprint density at radius 1 is 1.11 bits per heavy atom. The van der Waals surface area contributed by atoms with E-state index in [9.17, 15) is 4.79 Å². The van der Waals surface area contributed by atoms with Crippen LogP contribution in [0.4, 0.5) is 0 Å². The van der Waals surface area contributed by atoms with Gasteiger partial charge in [0.15, 0.2) is 0 Å². The van der Waals surface area contributed by atoms with Crippen molar-refractivity contribution in [2.24, 2.45) is 23.0 Å². The molecule has 3 heteroatoms. The van der Waals surface area contributed by atoms with E-state index in [0.29, 0.717) is 17.2 Å². The van der Waals surface area contributed by atoms with Crippen LogP contribution in [0.2, 0.25) is 0 Å². The highest BCUT2D eigenvalue weighted by molar-refractivity contribution is 5.79. The number of likely N-dealkylation sites (tertiary alicyclic amines) is 1. The lowest BCUT2D eigenvalue weighted by atomic mass is 9.80. The molecule has 0 aromatic carbocycles. The van der Waals surface area contributed by atoms with Crippen molar-refractivity contribution >= 4 is 5.91 Å². The minimum absolute atomic E-state index is 0.0845. The number of nitrogens with two attached hydrogens (primary N) is 1. The molecule has 3 nitrogen and oxygen atoms in total. The molecule has 110 valence electrons. The molecule has 2 fully saturated rings. The third-order valence-corrected chi connectivity index (χ3v) is 5.11. The fraction of sp³-hybridized carbons (Fsp3) is 0.938. The molecular formula is C16H30N2O. The van der Waals surface area contributed by atoms with E-state index in [0.717, 1.165) is 32.4 Å². The number of hydrogen-bond donors (Lipinski definition) is 1. The summed E-state index contributed by atoms with van der Waals surface area (Å²) in [6.07, 6.45) is 6.76. The zero-order valence-corrected chi connectivity index (χ0v) is 12.8. The second-order valence-corrected chi connectivity index (χ2v) is 7.54. The smallest absolute Gasteiger partial charge is 0.227 e. The predicted octanol–water partition coefficient (Wildman–Crippen LogP) is 2.79. The van der Waals surface area contributed by atoms with Gasteiger partial charge in [-0.25, -0.2) is 0 Å². The molecule has 1 saturated heterocycles. The van der Waals surface area contributed by atoms with Crippen molar-refractivity contribution in [2.75, 3.05) is 13.1 Å². The molecule has 3 atom stereocenters. The normalized spacial score (nSPS) is 33.3. The average Bonchev–Trinajstić information content (AvgIpc) is 2.73. The Kier molecular flexibility index (Phi) is 4.54. The highest BCUT2D eigenvalue weighted by Gasteiger charge is 2.37. The maximum absolute atomic E-state index is 12.7. The van der Waals surface area contributed by atoms with E-state index >= 15 is 0 Å².